The van der Waals surface area contributed by atoms with E-state index in [4.69, 9.17) is 4.74 Å². The minimum Gasteiger partial charge on any atom is -0.449 e. The number of rotatable bonds is 1. The van der Waals surface area contributed by atoms with E-state index >= 15 is 0 Å². The highest BCUT2D eigenvalue weighted by Gasteiger charge is 2.61. The van der Waals surface area contributed by atoms with E-state index in [0.29, 0.717) is 12.1 Å². The van der Waals surface area contributed by atoms with Crippen molar-refractivity contribution in [3.05, 3.63) is 53.1 Å². The van der Waals surface area contributed by atoms with Crippen LogP contribution in [0, 0.1) is 6.92 Å². The van der Waals surface area contributed by atoms with Gasteiger partial charge in [0, 0.05) is 24.1 Å². The molecular formula is C20H21NO2. The van der Waals surface area contributed by atoms with E-state index in [1.807, 2.05) is 0 Å². The largest absolute Gasteiger partial charge is 0.449 e. The topological polar surface area (TPSA) is 29.5 Å². The van der Waals surface area contributed by atoms with Crippen LogP contribution < -0.4 is 0 Å². The Morgan fingerprint density at radius 3 is 3.09 bits per heavy atom. The average molecular weight is 307 g/mol. The standard InChI is InChI=1S/C20H21NO2/c1-13-5-4-6-14(9-13)16-10-15-12-20(17(16)11-19(22)23-20)18-7-2-3-8-21(15)18/h4-6,9-11,15,18H,2-3,7-8,12H2,1H3/t15-,18-,20+/m1/s1. The molecule has 3 aliphatic heterocycles. The van der Waals surface area contributed by atoms with Gasteiger partial charge in [0.2, 0.25) is 0 Å². The first-order valence-electron chi connectivity index (χ1n) is 8.67. The number of fused-ring (bicyclic) bond motifs is 3. The lowest BCUT2D eigenvalue weighted by Gasteiger charge is -2.38. The number of piperidine rings is 1. The molecule has 1 spiro atoms. The third-order valence-corrected chi connectivity index (χ3v) is 6.00. The first-order chi connectivity index (χ1) is 11.2. The van der Waals surface area contributed by atoms with Crippen molar-refractivity contribution in [3.8, 4) is 0 Å². The van der Waals surface area contributed by atoms with Crippen LogP contribution in [0.2, 0.25) is 0 Å². The van der Waals surface area contributed by atoms with E-state index in [9.17, 15) is 4.79 Å². The van der Waals surface area contributed by atoms with Gasteiger partial charge in [-0.25, -0.2) is 4.79 Å². The first kappa shape index (κ1) is 13.6. The quantitative estimate of drug-likeness (QED) is 0.746. The Labute approximate surface area is 136 Å². The van der Waals surface area contributed by atoms with Crippen molar-refractivity contribution in [1.29, 1.82) is 0 Å². The van der Waals surface area contributed by atoms with Gasteiger partial charge in [0.25, 0.3) is 0 Å². The molecule has 2 fully saturated rings. The molecule has 0 amide bonds. The molecule has 4 aliphatic rings. The van der Waals surface area contributed by atoms with Gasteiger partial charge in [-0.1, -0.05) is 42.3 Å². The van der Waals surface area contributed by atoms with Gasteiger partial charge in [0.1, 0.15) is 0 Å². The highest BCUT2D eigenvalue weighted by atomic mass is 16.6. The van der Waals surface area contributed by atoms with Gasteiger partial charge in [-0.15, -0.1) is 0 Å². The zero-order valence-corrected chi connectivity index (χ0v) is 13.4. The molecule has 0 unspecified atom stereocenters. The minimum atomic E-state index is -0.393. The average Bonchev–Trinajstić information content (AvgIpc) is 3.03. The van der Waals surface area contributed by atoms with Crippen molar-refractivity contribution in [3.63, 3.8) is 0 Å². The van der Waals surface area contributed by atoms with Crippen LogP contribution in [0.4, 0.5) is 0 Å². The lowest BCUT2D eigenvalue weighted by molar-refractivity contribution is -0.148. The van der Waals surface area contributed by atoms with Crippen molar-refractivity contribution >= 4 is 11.5 Å². The highest BCUT2D eigenvalue weighted by Crippen LogP contribution is 2.55. The van der Waals surface area contributed by atoms with E-state index < -0.39 is 5.60 Å². The summed E-state index contributed by atoms with van der Waals surface area (Å²) in [6.45, 7) is 3.24. The number of aryl methyl sites for hydroxylation is 1. The summed E-state index contributed by atoms with van der Waals surface area (Å²) in [5.41, 5.74) is 4.40. The number of esters is 1. The molecule has 0 N–H and O–H groups in total. The third kappa shape index (κ3) is 1.77. The second-order valence-electron chi connectivity index (χ2n) is 7.34. The van der Waals surface area contributed by atoms with Crippen molar-refractivity contribution in [1.82, 2.24) is 4.90 Å². The summed E-state index contributed by atoms with van der Waals surface area (Å²) in [6.07, 6.45) is 8.69. The number of carbonyl (C=O) groups is 1. The van der Waals surface area contributed by atoms with E-state index in [1.54, 1.807) is 6.08 Å². The lowest BCUT2D eigenvalue weighted by Crippen LogP contribution is -2.48. The molecule has 2 bridgehead atoms. The van der Waals surface area contributed by atoms with Gasteiger partial charge in [0.05, 0.1) is 6.04 Å². The molecule has 1 aromatic carbocycles. The summed E-state index contributed by atoms with van der Waals surface area (Å²) in [4.78, 5) is 14.7. The molecular weight excluding hydrogens is 286 g/mol. The number of nitrogens with zero attached hydrogens (tertiary/aromatic N) is 1. The maximum atomic E-state index is 12.2. The molecule has 23 heavy (non-hydrogen) atoms. The van der Waals surface area contributed by atoms with Gasteiger partial charge in [-0.05, 0) is 37.4 Å². The number of carbonyl (C=O) groups excluding carboxylic acids is 1. The Kier molecular flexibility index (Phi) is 2.70. The molecule has 2 saturated heterocycles. The number of hydrogen-bond acceptors (Lipinski definition) is 3. The van der Waals surface area contributed by atoms with E-state index in [1.165, 1.54) is 29.5 Å². The molecule has 0 radical (unpaired) electrons. The van der Waals surface area contributed by atoms with E-state index in [2.05, 4.69) is 42.2 Å². The second-order valence-corrected chi connectivity index (χ2v) is 7.34. The van der Waals surface area contributed by atoms with E-state index in [-0.39, 0.29) is 5.97 Å². The Bertz CT molecular complexity index is 763. The van der Waals surface area contributed by atoms with Crippen LogP contribution in [0.3, 0.4) is 0 Å². The fraction of sp³-hybridized carbons (Fsp3) is 0.450. The number of benzene rings is 1. The third-order valence-electron chi connectivity index (χ3n) is 6.00. The minimum absolute atomic E-state index is 0.161. The molecule has 5 rings (SSSR count). The molecule has 3 heterocycles. The van der Waals surface area contributed by atoms with E-state index in [0.717, 1.165) is 25.0 Å². The monoisotopic (exact) mass is 307 g/mol. The van der Waals surface area contributed by atoms with Crippen LogP contribution in [0.1, 0.15) is 36.8 Å². The maximum Gasteiger partial charge on any atom is 0.332 e. The summed E-state index contributed by atoms with van der Waals surface area (Å²) >= 11 is 0. The molecule has 3 nitrogen and oxygen atoms in total. The first-order valence-corrected chi connectivity index (χ1v) is 8.67. The summed E-state index contributed by atoms with van der Waals surface area (Å²) in [5.74, 6) is -0.161. The zero-order chi connectivity index (χ0) is 15.6. The van der Waals surface area contributed by atoms with Gasteiger partial charge in [-0.2, -0.15) is 0 Å². The SMILES string of the molecule is Cc1cccc(C2=C[C@@H]3C[C@@]4(OC(=O)C=C24)[C@H]2CCCCN32)c1. The van der Waals surface area contributed by atoms with Crippen LogP contribution in [-0.2, 0) is 9.53 Å². The maximum absolute atomic E-state index is 12.2. The summed E-state index contributed by atoms with van der Waals surface area (Å²) in [5, 5.41) is 0. The second kappa shape index (κ2) is 4.57. The van der Waals surface area contributed by atoms with Crippen molar-refractivity contribution in [2.45, 2.75) is 50.3 Å². The Hall–Kier alpha value is -1.87. The molecule has 1 aromatic rings. The molecule has 0 saturated carbocycles. The normalized spacial score (nSPS) is 35.3. The van der Waals surface area contributed by atoms with Gasteiger partial charge in [-0.3, -0.25) is 4.90 Å². The lowest BCUT2D eigenvalue weighted by atomic mass is 9.75. The zero-order valence-electron chi connectivity index (χ0n) is 13.4. The van der Waals surface area contributed by atoms with Gasteiger partial charge < -0.3 is 4.74 Å². The smallest absolute Gasteiger partial charge is 0.332 e. The fourth-order valence-electron chi connectivity index (χ4n) is 5.13. The van der Waals surface area contributed by atoms with Crippen LogP contribution >= 0.6 is 0 Å². The molecule has 118 valence electrons. The molecule has 1 aliphatic carbocycles. The predicted molar refractivity (Wildman–Crippen MR) is 88.8 cm³/mol. The van der Waals surface area contributed by atoms with Crippen LogP contribution in [0.15, 0.2) is 42.0 Å². The number of ether oxygens (including phenoxy) is 1. The van der Waals surface area contributed by atoms with Crippen LogP contribution in [-0.4, -0.2) is 35.1 Å². The predicted octanol–water partition coefficient (Wildman–Crippen LogP) is 3.24. The summed E-state index contributed by atoms with van der Waals surface area (Å²) < 4.78 is 5.98. The summed E-state index contributed by atoms with van der Waals surface area (Å²) in [6, 6.07) is 9.34. The Balaban J connectivity index is 1.68. The number of hydrogen-bond donors (Lipinski definition) is 0. The van der Waals surface area contributed by atoms with Crippen LogP contribution in [0.25, 0.3) is 5.57 Å². The molecule has 3 atom stereocenters. The van der Waals surface area contributed by atoms with Crippen LogP contribution in [0.5, 0.6) is 0 Å². The molecule has 3 heteroatoms. The van der Waals surface area contributed by atoms with Crippen molar-refractivity contribution < 1.29 is 9.53 Å². The Morgan fingerprint density at radius 1 is 1.30 bits per heavy atom. The van der Waals surface area contributed by atoms with Gasteiger partial charge >= 0.3 is 5.97 Å². The van der Waals surface area contributed by atoms with Crippen molar-refractivity contribution in [2.75, 3.05) is 6.54 Å². The Morgan fingerprint density at radius 2 is 2.22 bits per heavy atom. The molecule has 0 aromatic heterocycles. The fourth-order valence-corrected chi connectivity index (χ4v) is 5.13. The van der Waals surface area contributed by atoms with Gasteiger partial charge in [0.15, 0.2) is 5.60 Å². The summed E-state index contributed by atoms with van der Waals surface area (Å²) in [7, 11) is 0. The highest BCUT2D eigenvalue weighted by molar-refractivity contribution is 5.97. The van der Waals surface area contributed by atoms with Crippen molar-refractivity contribution in [2.24, 2.45) is 0 Å².